The van der Waals surface area contributed by atoms with E-state index in [0.29, 0.717) is 11.4 Å². The standard InChI is InChI=1S/C23H22ClF2N5O2S/c1-31(2)19(32)7-8-22-10-18(22)23(12-25,30-21(27)34-22)15-9-14(4-5-16(15)26)29-20(33)17-6-3-13(24)11-28-17/h3-9,11,18H,10,12H2,1-2H3,(H2,27,30)(H,29,33)/b8-7+/t18-,22+,23-/m1/s1. The van der Waals surface area contributed by atoms with Gasteiger partial charge < -0.3 is 16.0 Å². The van der Waals surface area contributed by atoms with Gasteiger partial charge in [0.2, 0.25) is 5.91 Å². The number of thioether (sulfide) groups is 1. The van der Waals surface area contributed by atoms with Crippen molar-refractivity contribution in [2.24, 2.45) is 16.6 Å². The maximum Gasteiger partial charge on any atom is 0.274 e. The summed E-state index contributed by atoms with van der Waals surface area (Å²) in [5.41, 5.74) is 4.83. The summed E-state index contributed by atoms with van der Waals surface area (Å²) in [5, 5.41) is 3.13. The van der Waals surface area contributed by atoms with Gasteiger partial charge in [-0.1, -0.05) is 29.4 Å². The van der Waals surface area contributed by atoms with E-state index in [-0.39, 0.29) is 28.0 Å². The number of nitrogens with two attached hydrogens (primary N) is 1. The van der Waals surface area contributed by atoms with Crippen LogP contribution in [0.5, 0.6) is 0 Å². The van der Waals surface area contributed by atoms with Gasteiger partial charge in [-0.15, -0.1) is 0 Å². The van der Waals surface area contributed by atoms with E-state index in [1.807, 2.05) is 0 Å². The van der Waals surface area contributed by atoms with E-state index in [9.17, 15) is 14.0 Å². The van der Waals surface area contributed by atoms with Crippen molar-refractivity contribution in [1.29, 1.82) is 0 Å². The number of carbonyl (C=O) groups is 2. The monoisotopic (exact) mass is 505 g/mol. The predicted octanol–water partition coefficient (Wildman–Crippen LogP) is 3.76. The summed E-state index contributed by atoms with van der Waals surface area (Å²) in [4.78, 5) is 34.3. The quantitative estimate of drug-likeness (QED) is 0.582. The number of rotatable bonds is 6. The number of amides is 2. The smallest absolute Gasteiger partial charge is 0.274 e. The molecule has 1 saturated carbocycles. The van der Waals surface area contributed by atoms with E-state index >= 15 is 4.39 Å². The Labute approximate surface area is 204 Å². The van der Waals surface area contributed by atoms with Crippen LogP contribution in [0.4, 0.5) is 14.5 Å². The van der Waals surface area contributed by atoms with Gasteiger partial charge >= 0.3 is 0 Å². The zero-order valence-electron chi connectivity index (χ0n) is 18.4. The van der Waals surface area contributed by atoms with Crippen molar-refractivity contribution in [3.05, 3.63) is 70.8 Å². The molecule has 1 aliphatic carbocycles. The zero-order chi connectivity index (χ0) is 24.7. The molecule has 2 aromatic rings. The van der Waals surface area contributed by atoms with Gasteiger partial charge in [0.15, 0.2) is 5.17 Å². The Bertz CT molecular complexity index is 1210. The van der Waals surface area contributed by atoms with Gasteiger partial charge in [0.1, 0.15) is 23.7 Å². The van der Waals surface area contributed by atoms with Gasteiger partial charge in [0.05, 0.1) is 5.02 Å². The number of nitrogens with zero attached hydrogens (tertiary/aromatic N) is 3. The number of aliphatic imine (C=N–C) groups is 1. The van der Waals surface area contributed by atoms with E-state index in [0.717, 1.165) is 6.07 Å². The largest absolute Gasteiger partial charge is 0.378 e. The van der Waals surface area contributed by atoms with Crippen LogP contribution in [-0.4, -0.2) is 52.4 Å². The molecule has 178 valence electrons. The summed E-state index contributed by atoms with van der Waals surface area (Å²) in [6.45, 7) is -0.997. The molecule has 0 saturated heterocycles. The third-order valence-corrected chi connectivity index (χ3v) is 7.43. The van der Waals surface area contributed by atoms with Crippen LogP contribution >= 0.6 is 23.4 Å². The fourth-order valence-electron chi connectivity index (χ4n) is 4.10. The highest BCUT2D eigenvalue weighted by Gasteiger charge is 2.67. The maximum atomic E-state index is 15.1. The molecule has 2 amide bonds. The first-order valence-electron chi connectivity index (χ1n) is 10.3. The Kier molecular flexibility index (Phi) is 6.39. The van der Waals surface area contributed by atoms with Crippen molar-refractivity contribution in [3.8, 4) is 0 Å². The second-order valence-corrected chi connectivity index (χ2v) is 10.2. The van der Waals surface area contributed by atoms with E-state index in [2.05, 4.69) is 15.3 Å². The number of aromatic nitrogens is 1. The first-order valence-corrected chi connectivity index (χ1v) is 11.5. The Morgan fingerprint density at radius 2 is 2.12 bits per heavy atom. The van der Waals surface area contributed by atoms with Crippen LogP contribution < -0.4 is 11.1 Å². The van der Waals surface area contributed by atoms with Crippen LogP contribution in [0.2, 0.25) is 5.02 Å². The molecule has 34 heavy (non-hydrogen) atoms. The Hall–Kier alpha value is -2.98. The van der Waals surface area contributed by atoms with Crippen molar-refractivity contribution >= 4 is 46.0 Å². The van der Waals surface area contributed by atoms with Gasteiger partial charge in [-0.2, -0.15) is 0 Å². The number of hydrogen-bond acceptors (Lipinski definition) is 6. The fraction of sp³-hybridized carbons (Fsp3) is 0.304. The molecule has 2 aliphatic rings. The van der Waals surface area contributed by atoms with Crippen LogP contribution in [0.1, 0.15) is 22.5 Å². The lowest BCUT2D eigenvalue weighted by Crippen LogP contribution is -2.39. The number of likely N-dealkylation sites (N-methyl/N-ethyl adjacent to an activating group) is 1. The number of pyridine rings is 1. The van der Waals surface area contributed by atoms with Gasteiger partial charge in [-0.25, -0.2) is 18.8 Å². The molecule has 3 atom stereocenters. The van der Waals surface area contributed by atoms with Gasteiger partial charge in [0.25, 0.3) is 5.91 Å². The molecule has 4 rings (SSSR count). The van der Waals surface area contributed by atoms with Crippen molar-refractivity contribution in [3.63, 3.8) is 0 Å². The van der Waals surface area contributed by atoms with Crippen LogP contribution in [0.25, 0.3) is 0 Å². The topological polar surface area (TPSA) is 101 Å². The highest BCUT2D eigenvalue weighted by molar-refractivity contribution is 8.15. The minimum Gasteiger partial charge on any atom is -0.378 e. The number of halogens is 3. The summed E-state index contributed by atoms with van der Waals surface area (Å²) in [6.07, 6.45) is 4.92. The number of anilines is 1. The molecule has 1 aliphatic heterocycles. The summed E-state index contributed by atoms with van der Waals surface area (Å²) < 4.78 is 29.1. The first kappa shape index (κ1) is 24.2. The predicted molar refractivity (Wildman–Crippen MR) is 129 cm³/mol. The molecule has 0 unspecified atom stereocenters. The Morgan fingerprint density at radius 1 is 1.35 bits per heavy atom. The summed E-state index contributed by atoms with van der Waals surface area (Å²) in [5.74, 6) is -1.85. The Balaban J connectivity index is 1.67. The van der Waals surface area contributed by atoms with Crippen LogP contribution in [0.15, 0.2) is 53.7 Å². The molecule has 0 spiro atoms. The number of amidine groups is 1. The lowest BCUT2D eigenvalue weighted by molar-refractivity contribution is -0.123. The van der Waals surface area contributed by atoms with Crippen molar-refractivity contribution in [2.75, 3.05) is 26.1 Å². The molecule has 11 heteroatoms. The lowest BCUT2D eigenvalue weighted by atomic mass is 9.84. The molecule has 3 N–H and O–H groups in total. The highest BCUT2D eigenvalue weighted by Crippen LogP contribution is 2.67. The van der Waals surface area contributed by atoms with Crippen LogP contribution in [-0.2, 0) is 10.3 Å². The minimum absolute atomic E-state index is 0.0145. The molecule has 1 fully saturated rings. The maximum absolute atomic E-state index is 15.1. The second-order valence-electron chi connectivity index (χ2n) is 8.40. The van der Waals surface area contributed by atoms with Gasteiger partial charge in [0, 0.05) is 48.3 Å². The number of hydrogen-bond donors (Lipinski definition) is 2. The lowest BCUT2D eigenvalue weighted by Gasteiger charge is -2.34. The highest BCUT2D eigenvalue weighted by atomic mass is 35.5. The molecule has 2 heterocycles. The number of carbonyl (C=O) groups excluding carboxylic acids is 2. The van der Waals surface area contributed by atoms with E-state index in [1.165, 1.54) is 53.2 Å². The van der Waals surface area contributed by atoms with E-state index in [4.69, 9.17) is 17.3 Å². The normalized spacial score (nSPS) is 25.4. The number of alkyl halides is 1. The van der Waals surface area contributed by atoms with E-state index in [1.54, 1.807) is 20.2 Å². The number of benzene rings is 1. The SMILES string of the molecule is CN(C)C(=O)/C=C/[C@]12C[C@H]1[C@@](CF)(c1cc(NC(=O)c3ccc(Cl)cn3)ccc1F)N=C(N)S2. The average Bonchev–Trinajstić information content (AvgIpc) is 3.53. The molecular formula is C23H22ClF2N5O2S. The third-order valence-electron chi connectivity index (χ3n) is 5.94. The summed E-state index contributed by atoms with van der Waals surface area (Å²) in [7, 11) is 3.25. The minimum atomic E-state index is -1.58. The van der Waals surface area contributed by atoms with Crippen LogP contribution in [0, 0.1) is 11.7 Å². The molecular weight excluding hydrogens is 484 g/mol. The molecule has 1 aromatic heterocycles. The summed E-state index contributed by atoms with van der Waals surface area (Å²) in [6, 6.07) is 6.87. The molecule has 1 aromatic carbocycles. The van der Waals surface area contributed by atoms with Crippen molar-refractivity contribution in [2.45, 2.75) is 16.7 Å². The van der Waals surface area contributed by atoms with Gasteiger partial charge in [-0.05, 0) is 36.8 Å². The first-order chi connectivity index (χ1) is 16.1. The third kappa shape index (κ3) is 4.39. The molecule has 0 radical (unpaired) electrons. The molecule has 0 bridgehead atoms. The Morgan fingerprint density at radius 3 is 2.76 bits per heavy atom. The molecule has 7 nitrogen and oxygen atoms in total. The zero-order valence-corrected chi connectivity index (χ0v) is 20.0. The second kappa shape index (κ2) is 8.99. The van der Waals surface area contributed by atoms with Crippen LogP contribution in [0.3, 0.4) is 0 Å². The number of fused-ring (bicyclic) bond motifs is 1. The fourth-order valence-corrected chi connectivity index (χ4v) is 5.53. The number of nitrogens with one attached hydrogen (secondary N) is 1. The average molecular weight is 506 g/mol. The van der Waals surface area contributed by atoms with Crippen molar-refractivity contribution < 1.29 is 18.4 Å². The van der Waals surface area contributed by atoms with E-state index < -0.39 is 34.6 Å². The van der Waals surface area contributed by atoms with Crippen molar-refractivity contribution in [1.82, 2.24) is 9.88 Å². The summed E-state index contributed by atoms with van der Waals surface area (Å²) >= 11 is 7.05. The van der Waals surface area contributed by atoms with Gasteiger partial charge in [-0.3, -0.25) is 9.59 Å².